The lowest BCUT2D eigenvalue weighted by Gasteiger charge is -2.47. The first-order valence-electron chi connectivity index (χ1n) is 14.7. The van der Waals surface area contributed by atoms with Crippen molar-refractivity contribution >= 4 is 11.8 Å². The van der Waals surface area contributed by atoms with Crippen LogP contribution in [0.3, 0.4) is 0 Å². The number of ketones is 1. The minimum atomic E-state index is -1.39. The number of Topliss-reactive ketones (excluding diaryl/α,β-unsaturated/α-hetero) is 1. The predicted molar refractivity (Wildman–Crippen MR) is 146 cm³/mol. The lowest BCUT2D eigenvalue weighted by Crippen LogP contribution is -2.59. The molecule has 3 fully saturated rings. The number of aliphatic hydroxyl groups is 2. The van der Waals surface area contributed by atoms with Gasteiger partial charge in [-0.25, -0.2) is 0 Å². The van der Waals surface area contributed by atoms with Gasteiger partial charge in [0.05, 0.1) is 35.4 Å². The number of nitrogens with zero attached hydrogens (tertiary/aromatic N) is 1. The molecule has 228 valence electrons. The quantitative estimate of drug-likeness (QED) is 0.479. The van der Waals surface area contributed by atoms with Crippen LogP contribution < -0.4 is 0 Å². The van der Waals surface area contributed by atoms with Gasteiger partial charge in [-0.15, -0.1) is 0 Å². The molecule has 4 heterocycles. The van der Waals surface area contributed by atoms with Crippen molar-refractivity contribution in [2.75, 3.05) is 14.1 Å². The Morgan fingerprint density at radius 2 is 1.77 bits per heavy atom. The Hall–Kier alpha value is -1.40. The van der Waals surface area contributed by atoms with Gasteiger partial charge in [0.15, 0.2) is 12.1 Å². The Kier molecular flexibility index (Phi) is 8.69. The Morgan fingerprint density at radius 3 is 2.35 bits per heavy atom. The van der Waals surface area contributed by atoms with Crippen LogP contribution in [0.4, 0.5) is 0 Å². The summed E-state index contributed by atoms with van der Waals surface area (Å²) in [5.74, 6) is -3.94. The number of carbonyl (C=O) groups is 2. The standard InChI is InChI=1S/C30H49NO9/c1-11-22-28(7)14-20(19(6)32)30(39-28)15(2)13-29(8,40-30)25(17(4)23(33)18(5)26(35)37-22)38-27-24(34)21(31(9)10)12-16(3)36-27/h14-18,21-25,27,33-34H,11-13H2,1-10H3/t15?,16-,17+,18-,21+,22-,23+,24-,25-,27+,28?,29-,30?/m1/s1. The molecule has 13 atom stereocenters. The molecule has 0 saturated carbocycles. The smallest absolute Gasteiger partial charge is 0.311 e. The molecule has 1 spiro atoms. The second-order valence-electron chi connectivity index (χ2n) is 13.2. The number of fused-ring (bicyclic) bond motifs is 2. The number of esters is 1. The van der Waals surface area contributed by atoms with E-state index < -0.39 is 65.5 Å². The molecule has 0 amide bonds. The molecule has 0 aromatic rings. The van der Waals surface area contributed by atoms with E-state index in [0.29, 0.717) is 24.8 Å². The van der Waals surface area contributed by atoms with Crippen LogP contribution >= 0.6 is 0 Å². The van der Waals surface area contributed by atoms with Crippen molar-refractivity contribution in [1.82, 2.24) is 4.90 Å². The highest BCUT2D eigenvalue weighted by atomic mass is 16.8. The summed E-state index contributed by atoms with van der Waals surface area (Å²) in [5.41, 5.74) is -1.80. The van der Waals surface area contributed by atoms with Gasteiger partial charge in [-0.1, -0.05) is 20.8 Å². The SMILES string of the molecule is CC[C@H]1OC(=O)[C@H](C)[C@@H](O)[C@H](C)[C@@H](O[C@@H]2O[C@H](C)C[C@H](N(C)C)[C@H]2O)[C@@]2(C)CC(C)C3(OC1(C)C=C3C(C)=O)O2. The molecule has 3 saturated heterocycles. The van der Waals surface area contributed by atoms with Crippen LogP contribution in [0, 0.1) is 17.8 Å². The van der Waals surface area contributed by atoms with Crippen LogP contribution in [0.15, 0.2) is 11.6 Å². The molecule has 4 aliphatic heterocycles. The third-order valence-corrected chi connectivity index (χ3v) is 9.63. The maximum Gasteiger partial charge on any atom is 0.311 e. The van der Waals surface area contributed by atoms with E-state index in [1.807, 2.05) is 46.7 Å². The van der Waals surface area contributed by atoms with Gasteiger partial charge < -0.3 is 38.8 Å². The van der Waals surface area contributed by atoms with Crippen LogP contribution in [0.5, 0.6) is 0 Å². The third kappa shape index (κ3) is 5.18. The van der Waals surface area contributed by atoms with Crippen molar-refractivity contribution in [1.29, 1.82) is 0 Å². The highest BCUT2D eigenvalue weighted by Crippen LogP contribution is 2.56. The zero-order valence-corrected chi connectivity index (χ0v) is 25.7. The summed E-state index contributed by atoms with van der Waals surface area (Å²) >= 11 is 0. The fraction of sp³-hybridized carbons (Fsp3) is 0.867. The van der Waals surface area contributed by atoms with E-state index in [9.17, 15) is 19.8 Å². The van der Waals surface area contributed by atoms with E-state index in [4.69, 9.17) is 23.7 Å². The average molecular weight is 568 g/mol. The zero-order valence-electron chi connectivity index (χ0n) is 25.7. The number of hydrogen-bond acceptors (Lipinski definition) is 10. The van der Waals surface area contributed by atoms with Crippen LogP contribution in [-0.4, -0.2) is 101 Å². The summed E-state index contributed by atoms with van der Waals surface area (Å²) in [6.45, 7) is 14.4. The number of likely N-dealkylation sites (N-methyl/N-ethyl adjacent to an activating group) is 1. The molecular weight excluding hydrogens is 518 g/mol. The number of carbonyl (C=O) groups excluding carboxylic acids is 2. The van der Waals surface area contributed by atoms with Crippen molar-refractivity contribution in [2.45, 2.75) is 134 Å². The summed E-state index contributed by atoms with van der Waals surface area (Å²) in [7, 11) is 3.80. The van der Waals surface area contributed by atoms with E-state index in [-0.39, 0.29) is 23.8 Å². The van der Waals surface area contributed by atoms with Gasteiger partial charge in [0.25, 0.3) is 0 Å². The van der Waals surface area contributed by atoms with Crippen LogP contribution in [0.25, 0.3) is 0 Å². The molecule has 3 unspecified atom stereocenters. The number of aliphatic hydroxyl groups excluding tert-OH is 2. The van der Waals surface area contributed by atoms with E-state index in [1.54, 1.807) is 26.8 Å². The van der Waals surface area contributed by atoms with Crippen molar-refractivity contribution < 1.29 is 43.5 Å². The molecule has 4 aliphatic rings. The number of cyclic esters (lactones) is 1. The average Bonchev–Trinajstić information content (AvgIpc) is 3.32. The van der Waals surface area contributed by atoms with Crippen molar-refractivity contribution in [3.8, 4) is 0 Å². The van der Waals surface area contributed by atoms with Gasteiger partial charge in [0.2, 0.25) is 5.79 Å². The lowest BCUT2D eigenvalue weighted by atomic mass is 9.78. The summed E-state index contributed by atoms with van der Waals surface area (Å²) in [6.07, 6.45) is -1.56. The molecule has 0 radical (unpaired) electrons. The van der Waals surface area contributed by atoms with Crippen LogP contribution in [0.1, 0.15) is 74.7 Å². The Morgan fingerprint density at radius 1 is 1.12 bits per heavy atom. The molecule has 4 rings (SSSR count). The molecule has 10 nitrogen and oxygen atoms in total. The van der Waals surface area contributed by atoms with Crippen LogP contribution in [0.2, 0.25) is 0 Å². The highest BCUT2D eigenvalue weighted by molar-refractivity contribution is 5.96. The highest BCUT2D eigenvalue weighted by Gasteiger charge is 2.66. The molecule has 2 N–H and O–H groups in total. The minimum Gasteiger partial charge on any atom is -0.459 e. The molecule has 0 aromatic heterocycles. The van der Waals surface area contributed by atoms with Gasteiger partial charge in [-0.2, -0.15) is 0 Å². The second-order valence-corrected chi connectivity index (χ2v) is 13.2. The monoisotopic (exact) mass is 567 g/mol. The molecule has 0 aliphatic carbocycles. The van der Waals surface area contributed by atoms with Gasteiger partial charge in [-0.3, -0.25) is 9.59 Å². The number of rotatable bonds is 5. The van der Waals surface area contributed by atoms with Gasteiger partial charge in [0.1, 0.15) is 17.8 Å². The van der Waals surface area contributed by atoms with Gasteiger partial charge >= 0.3 is 5.97 Å². The van der Waals surface area contributed by atoms with E-state index >= 15 is 0 Å². The van der Waals surface area contributed by atoms with Crippen LogP contribution in [-0.2, 0) is 33.3 Å². The summed E-state index contributed by atoms with van der Waals surface area (Å²) in [4.78, 5) is 28.3. The maximum atomic E-state index is 13.4. The first kappa shape index (κ1) is 31.5. The minimum absolute atomic E-state index is 0.180. The first-order valence-corrected chi connectivity index (χ1v) is 14.7. The van der Waals surface area contributed by atoms with Gasteiger partial charge in [-0.05, 0) is 74.1 Å². The topological polar surface area (TPSA) is 124 Å². The molecular formula is C30H49NO9. The molecule has 10 heteroatoms. The van der Waals surface area contributed by atoms with Gasteiger partial charge in [0, 0.05) is 17.9 Å². The predicted octanol–water partition coefficient (Wildman–Crippen LogP) is 2.58. The third-order valence-electron chi connectivity index (χ3n) is 9.63. The fourth-order valence-electron chi connectivity index (χ4n) is 7.40. The Labute approximate surface area is 238 Å². The largest absolute Gasteiger partial charge is 0.459 e. The first-order chi connectivity index (χ1) is 18.5. The lowest BCUT2D eigenvalue weighted by molar-refractivity contribution is -0.327. The summed E-state index contributed by atoms with van der Waals surface area (Å²) in [6, 6.07) is -0.200. The van der Waals surface area contributed by atoms with Crippen molar-refractivity contribution in [3.05, 3.63) is 11.6 Å². The number of ether oxygens (including phenoxy) is 5. The zero-order chi connectivity index (χ0) is 29.9. The summed E-state index contributed by atoms with van der Waals surface area (Å²) in [5, 5.41) is 22.8. The van der Waals surface area contributed by atoms with E-state index in [2.05, 4.69) is 0 Å². The fourth-order valence-corrected chi connectivity index (χ4v) is 7.40. The van der Waals surface area contributed by atoms with E-state index in [1.165, 1.54) is 6.92 Å². The molecule has 3 bridgehead atoms. The Bertz CT molecular complexity index is 1020. The van der Waals surface area contributed by atoms with Crippen molar-refractivity contribution in [2.24, 2.45) is 17.8 Å². The van der Waals surface area contributed by atoms with Crippen molar-refractivity contribution in [3.63, 3.8) is 0 Å². The van der Waals surface area contributed by atoms with E-state index in [0.717, 1.165) is 0 Å². The summed E-state index contributed by atoms with van der Waals surface area (Å²) < 4.78 is 32.2. The normalized spacial score (nSPS) is 49.7. The Balaban J connectivity index is 1.82. The maximum absolute atomic E-state index is 13.4. The molecule has 0 aromatic carbocycles. The second kappa shape index (κ2) is 11.0. The molecule has 40 heavy (non-hydrogen) atoms. The number of hydrogen-bond donors (Lipinski definition) is 2.